The van der Waals surface area contributed by atoms with Crippen LogP contribution in [0.1, 0.15) is 5.56 Å². The van der Waals surface area contributed by atoms with Gasteiger partial charge in [-0.3, -0.25) is 0 Å². The summed E-state index contributed by atoms with van der Waals surface area (Å²) in [4.78, 5) is 10.7. The van der Waals surface area contributed by atoms with Crippen LogP contribution in [0.5, 0.6) is 0 Å². The average molecular weight is 274 g/mol. The Hall–Kier alpha value is -0.980. The quantitative estimate of drug-likeness (QED) is 0.536. The Kier molecular flexibility index (Phi) is 3.99. The predicted octanol–water partition coefficient (Wildman–Crippen LogP) is 2.63. The van der Waals surface area contributed by atoms with Crippen molar-refractivity contribution in [3.63, 3.8) is 0 Å². The molecule has 1 aromatic carbocycles. The van der Waals surface area contributed by atoms with Crippen LogP contribution in [0, 0.1) is 11.8 Å². The van der Waals surface area contributed by atoms with Gasteiger partial charge in [0.25, 0.3) is 0 Å². The number of esters is 1. The summed E-state index contributed by atoms with van der Waals surface area (Å²) in [7, 11) is 1.28. The Morgan fingerprint density at radius 1 is 1.57 bits per heavy atom. The third kappa shape index (κ3) is 3.06. The molecular formula is C10H6BrClO2. The maximum atomic E-state index is 10.7. The zero-order valence-corrected chi connectivity index (χ0v) is 9.65. The first kappa shape index (κ1) is 11.1. The van der Waals surface area contributed by atoms with Crippen LogP contribution in [-0.4, -0.2) is 13.1 Å². The van der Waals surface area contributed by atoms with Gasteiger partial charge < -0.3 is 4.74 Å². The standard InChI is InChI=1S/C10H6BrClO2/c1-14-10(13)5-3-7-2-4-8(11)6-9(7)12/h2,4,6H,1H3. The molecule has 4 heteroatoms. The highest BCUT2D eigenvalue weighted by molar-refractivity contribution is 9.10. The number of hydrogen-bond donors (Lipinski definition) is 0. The molecule has 0 aromatic heterocycles. The Morgan fingerprint density at radius 2 is 2.29 bits per heavy atom. The van der Waals surface area contributed by atoms with Crippen molar-refractivity contribution in [2.24, 2.45) is 0 Å². The largest absolute Gasteiger partial charge is 0.459 e. The summed E-state index contributed by atoms with van der Waals surface area (Å²) in [6.45, 7) is 0. The van der Waals surface area contributed by atoms with Crippen molar-refractivity contribution in [3.8, 4) is 11.8 Å². The van der Waals surface area contributed by atoms with Crippen LogP contribution in [-0.2, 0) is 9.53 Å². The maximum absolute atomic E-state index is 10.7. The van der Waals surface area contributed by atoms with E-state index in [1.165, 1.54) is 7.11 Å². The minimum Gasteiger partial charge on any atom is -0.459 e. The number of ether oxygens (including phenoxy) is 1. The van der Waals surface area contributed by atoms with Gasteiger partial charge in [0.2, 0.25) is 0 Å². The second-order valence-corrected chi connectivity index (χ2v) is 3.69. The van der Waals surface area contributed by atoms with Gasteiger partial charge in [0.15, 0.2) is 0 Å². The number of carbonyl (C=O) groups excluding carboxylic acids is 1. The number of hydrogen-bond acceptors (Lipinski definition) is 2. The van der Waals surface area contributed by atoms with Crippen LogP contribution >= 0.6 is 27.5 Å². The maximum Gasteiger partial charge on any atom is 0.384 e. The number of rotatable bonds is 0. The fraction of sp³-hybridized carbons (Fsp3) is 0.100. The molecule has 0 fully saturated rings. The summed E-state index contributed by atoms with van der Waals surface area (Å²) >= 11 is 9.14. The molecule has 72 valence electrons. The first-order valence-electron chi connectivity index (χ1n) is 3.68. The molecule has 0 N–H and O–H groups in total. The number of halogens is 2. The molecule has 0 radical (unpaired) electrons. The van der Waals surface area contributed by atoms with Crippen molar-refractivity contribution in [2.75, 3.05) is 7.11 Å². The molecule has 0 saturated heterocycles. The second kappa shape index (κ2) is 5.04. The molecule has 0 heterocycles. The van der Waals surface area contributed by atoms with Gasteiger partial charge in [0, 0.05) is 16.0 Å². The second-order valence-electron chi connectivity index (χ2n) is 2.37. The first-order chi connectivity index (χ1) is 6.63. The van der Waals surface area contributed by atoms with Gasteiger partial charge in [-0.25, -0.2) is 4.79 Å². The average Bonchev–Trinajstić information content (AvgIpc) is 2.16. The molecule has 0 spiro atoms. The first-order valence-corrected chi connectivity index (χ1v) is 4.85. The minimum absolute atomic E-state index is 0.496. The van der Waals surface area contributed by atoms with Gasteiger partial charge in [0.1, 0.15) is 0 Å². The third-order valence-electron chi connectivity index (χ3n) is 1.42. The van der Waals surface area contributed by atoms with Gasteiger partial charge in [-0.2, -0.15) is 0 Å². The molecular weight excluding hydrogens is 267 g/mol. The molecule has 0 saturated carbocycles. The van der Waals surface area contributed by atoms with Gasteiger partial charge in [-0.15, -0.1) is 0 Å². The summed E-state index contributed by atoms with van der Waals surface area (Å²) in [5.74, 6) is 4.33. The molecule has 0 unspecified atom stereocenters. The lowest BCUT2D eigenvalue weighted by molar-refractivity contribution is -0.133. The van der Waals surface area contributed by atoms with Crippen LogP contribution in [0.25, 0.3) is 0 Å². The number of benzene rings is 1. The summed E-state index contributed by atoms with van der Waals surface area (Å²) in [6.07, 6.45) is 0. The Morgan fingerprint density at radius 3 is 2.86 bits per heavy atom. The van der Waals surface area contributed by atoms with E-state index in [2.05, 4.69) is 32.5 Å². The lowest BCUT2D eigenvalue weighted by Crippen LogP contribution is -1.94. The van der Waals surface area contributed by atoms with E-state index in [4.69, 9.17) is 11.6 Å². The summed E-state index contributed by atoms with van der Waals surface area (Å²) in [6, 6.07) is 5.23. The molecule has 0 aliphatic heterocycles. The van der Waals surface area contributed by atoms with E-state index in [0.29, 0.717) is 10.6 Å². The molecule has 1 aromatic rings. The van der Waals surface area contributed by atoms with Crippen molar-refractivity contribution in [2.45, 2.75) is 0 Å². The van der Waals surface area contributed by atoms with Crippen molar-refractivity contribution < 1.29 is 9.53 Å². The molecule has 0 aliphatic rings. The van der Waals surface area contributed by atoms with Gasteiger partial charge in [0.05, 0.1) is 12.1 Å². The summed E-state index contributed by atoms with van der Waals surface area (Å²) in [5.41, 5.74) is 0.597. The van der Waals surface area contributed by atoms with Crippen molar-refractivity contribution in [3.05, 3.63) is 33.3 Å². The monoisotopic (exact) mass is 272 g/mol. The molecule has 0 aliphatic carbocycles. The van der Waals surface area contributed by atoms with E-state index in [1.807, 2.05) is 0 Å². The van der Waals surface area contributed by atoms with Crippen LogP contribution in [0.3, 0.4) is 0 Å². The SMILES string of the molecule is COC(=O)C#Cc1ccc(Br)cc1Cl. The number of carbonyl (C=O) groups is 1. The predicted molar refractivity (Wildman–Crippen MR) is 58.0 cm³/mol. The fourth-order valence-electron chi connectivity index (χ4n) is 0.760. The molecule has 0 bridgehead atoms. The van der Waals surface area contributed by atoms with Gasteiger partial charge in [-0.1, -0.05) is 33.5 Å². The third-order valence-corrected chi connectivity index (χ3v) is 2.22. The molecule has 14 heavy (non-hydrogen) atoms. The highest BCUT2D eigenvalue weighted by atomic mass is 79.9. The summed E-state index contributed by atoms with van der Waals surface area (Å²) in [5, 5.41) is 0.496. The zero-order chi connectivity index (χ0) is 10.6. The molecule has 0 amide bonds. The smallest absolute Gasteiger partial charge is 0.384 e. The Balaban J connectivity index is 2.96. The van der Waals surface area contributed by atoms with Crippen molar-refractivity contribution >= 4 is 33.5 Å². The van der Waals surface area contributed by atoms with E-state index in [9.17, 15) is 4.79 Å². The Bertz CT molecular complexity index is 418. The molecule has 2 nitrogen and oxygen atoms in total. The lowest BCUT2D eigenvalue weighted by atomic mass is 10.2. The minimum atomic E-state index is -0.580. The Labute approximate surface area is 95.3 Å². The van der Waals surface area contributed by atoms with Crippen LogP contribution in [0.4, 0.5) is 0 Å². The van der Waals surface area contributed by atoms with Crippen LogP contribution < -0.4 is 0 Å². The normalized spacial score (nSPS) is 8.79. The number of methoxy groups -OCH3 is 1. The highest BCUT2D eigenvalue weighted by Crippen LogP contribution is 2.20. The highest BCUT2D eigenvalue weighted by Gasteiger charge is 1.98. The topological polar surface area (TPSA) is 26.3 Å². The van der Waals surface area contributed by atoms with Crippen molar-refractivity contribution in [1.82, 2.24) is 0 Å². The molecule has 0 atom stereocenters. The molecule has 1 rings (SSSR count). The van der Waals surface area contributed by atoms with Gasteiger partial charge in [-0.05, 0) is 18.2 Å². The zero-order valence-electron chi connectivity index (χ0n) is 7.30. The summed E-state index contributed by atoms with van der Waals surface area (Å²) < 4.78 is 5.24. The van der Waals surface area contributed by atoms with E-state index >= 15 is 0 Å². The van der Waals surface area contributed by atoms with Crippen LogP contribution in [0.15, 0.2) is 22.7 Å². The van der Waals surface area contributed by atoms with Gasteiger partial charge >= 0.3 is 5.97 Å². The van der Waals surface area contributed by atoms with E-state index in [1.54, 1.807) is 18.2 Å². The lowest BCUT2D eigenvalue weighted by Gasteiger charge is -1.95. The van der Waals surface area contributed by atoms with E-state index < -0.39 is 5.97 Å². The fourth-order valence-corrected chi connectivity index (χ4v) is 1.48. The van der Waals surface area contributed by atoms with E-state index in [-0.39, 0.29) is 0 Å². The van der Waals surface area contributed by atoms with E-state index in [0.717, 1.165) is 4.47 Å². The van der Waals surface area contributed by atoms with Crippen molar-refractivity contribution in [1.29, 1.82) is 0 Å². The van der Waals surface area contributed by atoms with Crippen LogP contribution in [0.2, 0.25) is 5.02 Å².